The van der Waals surface area contributed by atoms with Gasteiger partial charge in [-0.25, -0.2) is 4.79 Å². The molecule has 0 saturated carbocycles. The lowest BCUT2D eigenvalue weighted by molar-refractivity contribution is -0.385. The third-order valence-corrected chi connectivity index (χ3v) is 2.06. The highest BCUT2D eigenvalue weighted by atomic mass is 35.5. The van der Waals surface area contributed by atoms with Gasteiger partial charge in [-0.2, -0.15) is 0 Å². The number of nitro groups is 1. The third kappa shape index (κ3) is 3.46. The minimum atomic E-state index is -1.22. The van der Waals surface area contributed by atoms with Crippen molar-refractivity contribution < 1.29 is 19.6 Å². The molecule has 0 atom stereocenters. The van der Waals surface area contributed by atoms with E-state index in [9.17, 15) is 14.9 Å². The molecule has 0 aromatic heterocycles. The molecular weight excluding hydrogens is 250 g/mol. The van der Waals surface area contributed by atoms with Crippen molar-refractivity contribution in [2.75, 3.05) is 6.61 Å². The summed E-state index contributed by atoms with van der Waals surface area (Å²) in [6, 6.07) is 3.84. The fourth-order valence-corrected chi connectivity index (χ4v) is 1.15. The van der Waals surface area contributed by atoms with Crippen LogP contribution in [0.5, 0.6) is 5.75 Å². The maximum Gasteiger partial charge on any atom is 0.334 e. The second kappa shape index (κ2) is 5.31. The number of carboxylic acids is 1. The average molecular weight is 258 g/mol. The number of nitro benzene ring substituents is 1. The second-order valence-corrected chi connectivity index (χ2v) is 3.50. The fraction of sp³-hybridized carbons (Fsp3) is 0.100. The Morgan fingerprint density at radius 3 is 2.76 bits per heavy atom. The predicted molar refractivity (Wildman–Crippen MR) is 60.4 cm³/mol. The molecule has 0 radical (unpaired) electrons. The lowest BCUT2D eigenvalue weighted by Gasteiger charge is -2.06. The van der Waals surface area contributed by atoms with Crippen molar-refractivity contribution in [2.24, 2.45) is 0 Å². The van der Waals surface area contributed by atoms with Crippen molar-refractivity contribution in [3.63, 3.8) is 0 Å². The van der Waals surface area contributed by atoms with Gasteiger partial charge in [-0.3, -0.25) is 10.1 Å². The Bertz CT molecular complexity index is 486. The van der Waals surface area contributed by atoms with Gasteiger partial charge in [-0.15, -0.1) is 0 Å². The number of nitrogens with zero attached hydrogens (tertiary/aromatic N) is 1. The van der Waals surface area contributed by atoms with Gasteiger partial charge in [0.25, 0.3) is 0 Å². The van der Waals surface area contributed by atoms with Crippen LogP contribution in [0.25, 0.3) is 0 Å². The minimum Gasteiger partial charge on any atom is -0.482 e. The monoisotopic (exact) mass is 257 g/mol. The van der Waals surface area contributed by atoms with Crippen LogP contribution >= 0.6 is 11.6 Å². The number of rotatable bonds is 5. The number of hydrogen-bond donors (Lipinski definition) is 1. The zero-order valence-corrected chi connectivity index (χ0v) is 9.31. The number of halogens is 1. The molecule has 17 heavy (non-hydrogen) atoms. The van der Waals surface area contributed by atoms with Gasteiger partial charge in [0.2, 0.25) is 0 Å². The number of aliphatic carboxylic acids is 1. The molecule has 0 heterocycles. The number of carbonyl (C=O) groups is 1. The highest BCUT2D eigenvalue weighted by Crippen LogP contribution is 2.30. The van der Waals surface area contributed by atoms with Gasteiger partial charge < -0.3 is 9.84 Å². The van der Waals surface area contributed by atoms with Crippen LogP contribution in [0.2, 0.25) is 5.02 Å². The molecule has 0 fully saturated rings. The molecule has 6 nitrogen and oxygen atoms in total. The van der Waals surface area contributed by atoms with E-state index in [1.54, 1.807) is 0 Å². The first-order valence-electron chi connectivity index (χ1n) is 4.39. The zero-order chi connectivity index (χ0) is 13.0. The summed E-state index contributed by atoms with van der Waals surface area (Å²) in [5.41, 5.74) is -0.523. The quantitative estimate of drug-likeness (QED) is 0.496. The second-order valence-electron chi connectivity index (χ2n) is 3.07. The van der Waals surface area contributed by atoms with E-state index in [0.29, 0.717) is 0 Å². The van der Waals surface area contributed by atoms with Gasteiger partial charge >= 0.3 is 11.7 Å². The first-order valence-corrected chi connectivity index (χ1v) is 4.77. The summed E-state index contributed by atoms with van der Waals surface area (Å²) in [5.74, 6) is -1.27. The van der Waals surface area contributed by atoms with E-state index in [-0.39, 0.29) is 28.6 Å². The summed E-state index contributed by atoms with van der Waals surface area (Å²) >= 11 is 5.60. The van der Waals surface area contributed by atoms with Crippen molar-refractivity contribution >= 4 is 23.3 Å². The maximum absolute atomic E-state index is 10.7. The van der Waals surface area contributed by atoms with E-state index in [1.165, 1.54) is 12.1 Å². The van der Waals surface area contributed by atoms with E-state index in [2.05, 4.69) is 6.58 Å². The molecule has 0 spiro atoms. The van der Waals surface area contributed by atoms with Gasteiger partial charge in [-0.1, -0.05) is 18.2 Å². The van der Waals surface area contributed by atoms with Gasteiger partial charge in [0, 0.05) is 11.1 Å². The molecule has 1 rings (SSSR count). The standard InChI is InChI=1S/C10H8ClNO5/c1-6(10(13)14)5-17-9-3-2-7(11)4-8(9)12(15)16/h2-4H,1,5H2,(H,13,14). The molecule has 0 aliphatic rings. The van der Waals surface area contributed by atoms with Gasteiger partial charge in [0.15, 0.2) is 5.75 Å². The van der Waals surface area contributed by atoms with Crippen LogP contribution in [0.4, 0.5) is 5.69 Å². The largest absolute Gasteiger partial charge is 0.482 e. The molecule has 90 valence electrons. The normalized spacial score (nSPS) is 9.71. The molecule has 1 aromatic rings. The van der Waals surface area contributed by atoms with Crippen molar-refractivity contribution in [1.82, 2.24) is 0 Å². The van der Waals surface area contributed by atoms with E-state index in [0.717, 1.165) is 6.07 Å². The van der Waals surface area contributed by atoms with Crippen LogP contribution in [-0.4, -0.2) is 22.6 Å². The minimum absolute atomic E-state index is 0.0539. The lowest BCUT2D eigenvalue weighted by atomic mass is 10.3. The number of hydrogen-bond acceptors (Lipinski definition) is 4. The molecule has 0 aliphatic heterocycles. The summed E-state index contributed by atoms with van der Waals surface area (Å²) in [7, 11) is 0. The summed E-state index contributed by atoms with van der Waals surface area (Å²) in [4.78, 5) is 20.5. The summed E-state index contributed by atoms with van der Waals surface area (Å²) in [6.45, 7) is 2.91. The first-order chi connectivity index (χ1) is 7.91. The predicted octanol–water partition coefficient (Wildman–Crippen LogP) is 2.27. The van der Waals surface area contributed by atoms with Crippen molar-refractivity contribution in [3.05, 3.63) is 45.5 Å². The number of ether oxygens (including phenoxy) is 1. The van der Waals surface area contributed by atoms with E-state index in [1.807, 2.05) is 0 Å². The Hall–Kier alpha value is -2.08. The molecule has 7 heteroatoms. The Morgan fingerprint density at radius 2 is 2.24 bits per heavy atom. The lowest BCUT2D eigenvalue weighted by Crippen LogP contribution is -2.09. The molecule has 0 bridgehead atoms. The SMILES string of the molecule is C=C(COc1ccc(Cl)cc1[N+](=O)[O-])C(=O)O. The molecule has 0 saturated heterocycles. The summed E-state index contributed by atoms with van der Waals surface area (Å²) in [6.07, 6.45) is 0. The first kappa shape index (κ1) is 13.0. The van der Waals surface area contributed by atoms with Gasteiger partial charge in [-0.05, 0) is 12.1 Å². The van der Waals surface area contributed by atoms with Crippen LogP contribution < -0.4 is 4.74 Å². The van der Waals surface area contributed by atoms with Crippen LogP contribution in [-0.2, 0) is 4.79 Å². The van der Waals surface area contributed by atoms with Crippen molar-refractivity contribution in [3.8, 4) is 5.75 Å². The number of benzene rings is 1. The highest BCUT2D eigenvalue weighted by molar-refractivity contribution is 6.30. The fourth-order valence-electron chi connectivity index (χ4n) is 0.982. The van der Waals surface area contributed by atoms with E-state index < -0.39 is 10.9 Å². The van der Waals surface area contributed by atoms with Crippen molar-refractivity contribution in [1.29, 1.82) is 0 Å². The van der Waals surface area contributed by atoms with E-state index >= 15 is 0 Å². The maximum atomic E-state index is 10.7. The smallest absolute Gasteiger partial charge is 0.334 e. The topological polar surface area (TPSA) is 89.7 Å². The molecular formula is C10H8ClNO5. The Balaban J connectivity index is 2.87. The van der Waals surface area contributed by atoms with E-state index in [4.69, 9.17) is 21.4 Å². The average Bonchev–Trinajstić information content (AvgIpc) is 2.26. The van der Waals surface area contributed by atoms with Crippen LogP contribution in [0.15, 0.2) is 30.4 Å². The Kier molecular flexibility index (Phi) is 4.06. The van der Waals surface area contributed by atoms with Crippen LogP contribution in [0, 0.1) is 10.1 Å². The number of carboxylic acid groups (broad SMARTS) is 1. The van der Waals surface area contributed by atoms with Crippen molar-refractivity contribution in [2.45, 2.75) is 0 Å². The third-order valence-electron chi connectivity index (χ3n) is 1.82. The van der Waals surface area contributed by atoms with Crippen LogP contribution in [0.1, 0.15) is 0 Å². The summed E-state index contributed by atoms with van der Waals surface area (Å²) in [5, 5.41) is 19.4. The molecule has 0 amide bonds. The highest BCUT2D eigenvalue weighted by Gasteiger charge is 2.16. The van der Waals surface area contributed by atoms with Crippen LogP contribution in [0.3, 0.4) is 0 Å². The zero-order valence-electron chi connectivity index (χ0n) is 8.55. The summed E-state index contributed by atoms with van der Waals surface area (Å²) < 4.78 is 5.00. The Morgan fingerprint density at radius 1 is 1.59 bits per heavy atom. The molecule has 0 unspecified atom stereocenters. The Labute approximate surface area is 101 Å². The van der Waals surface area contributed by atoms with Gasteiger partial charge in [0.05, 0.1) is 10.5 Å². The molecule has 1 aromatic carbocycles. The molecule has 1 N–H and O–H groups in total. The molecule has 0 aliphatic carbocycles. The van der Waals surface area contributed by atoms with Gasteiger partial charge in [0.1, 0.15) is 6.61 Å².